The molecule has 2 saturated carbocycles. The lowest BCUT2D eigenvalue weighted by atomic mass is 9.70. The molecule has 1 atom stereocenters. The van der Waals surface area contributed by atoms with Crippen LogP contribution in [-0.4, -0.2) is 11.2 Å². The Balaban J connectivity index is 1.83. The fraction of sp³-hybridized carbons (Fsp3) is 1.00. The van der Waals surface area contributed by atoms with Crippen LogP contribution in [0.25, 0.3) is 0 Å². The highest BCUT2D eigenvalue weighted by Gasteiger charge is 2.53. The summed E-state index contributed by atoms with van der Waals surface area (Å²) in [5.74, 6) is 0.646. The molecule has 1 nitrogen and oxygen atoms in total. The zero-order valence-electron chi connectivity index (χ0n) is 5.93. The first-order valence-corrected chi connectivity index (χ1v) is 3.90. The topological polar surface area (TPSA) is 20.2 Å². The summed E-state index contributed by atoms with van der Waals surface area (Å²) in [6, 6.07) is 0. The molecule has 1 unspecified atom stereocenters. The molecular formula is C8H14O. The van der Waals surface area contributed by atoms with Gasteiger partial charge in [0.1, 0.15) is 0 Å². The summed E-state index contributed by atoms with van der Waals surface area (Å²) in [6.07, 6.45) is 5.46. The molecule has 0 aromatic carbocycles. The molecule has 0 aromatic rings. The van der Waals surface area contributed by atoms with Gasteiger partial charge in [0.15, 0.2) is 0 Å². The number of hydrogen-bond donors (Lipinski definition) is 1. The molecule has 52 valence electrons. The Labute approximate surface area is 56.1 Å². The van der Waals surface area contributed by atoms with Gasteiger partial charge in [-0.3, -0.25) is 0 Å². The second-order valence-corrected chi connectivity index (χ2v) is 3.91. The van der Waals surface area contributed by atoms with Crippen molar-refractivity contribution in [2.75, 3.05) is 0 Å². The van der Waals surface area contributed by atoms with Crippen molar-refractivity contribution < 1.29 is 5.11 Å². The van der Waals surface area contributed by atoms with Gasteiger partial charge in [0.2, 0.25) is 0 Å². The summed E-state index contributed by atoms with van der Waals surface area (Å²) in [7, 11) is 0. The monoisotopic (exact) mass is 126 g/mol. The summed E-state index contributed by atoms with van der Waals surface area (Å²) in [6.45, 7) is 1.92. The first-order chi connectivity index (χ1) is 4.22. The largest absolute Gasteiger partial charge is 0.393 e. The number of aliphatic hydroxyl groups excluding tert-OH is 1. The van der Waals surface area contributed by atoms with Crippen LogP contribution in [0.15, 0.2) is 0 Å². The molecule has 0 bridgehead atoms. The van der Waals surface area contributed by atoms with Gasteiger partial charge >= 0.3 is 0 Å². The normalized spacial score (nSPS) is 34.0. The van der Waals surface area contributed by atoms with Crippen LogP contribution < -0.4 is 0 Å². The summed E-state index contributed by atoms with van der Waals surface area (Å²) in [5.41, 5.74) is 0.766. The van der Waals surface area contributed by atoms with E-state index in [1.807, 2.05) is 6.92 Å². The van der Waals surface area contributed by atoms with Crippen LogP contribution in [0.3, 0.4) is 0 Å². The van der Waals surface area contributed by atoms with Crippen molar-refractivity contribution in [1.29, 1.82) is 0 Å². The molecule has 1 heteroatoms. The molecule has 2 aliphatic rings. The second kappa shape index (κ2) is 1.51. The van der Waals surface area contributed by atoms with Crippen LogP contribution in [0, 0.1) is 11.3 Å². The van der Waals surface area contributed by atoms with Crippen LogP contribution in [0.1, 0.15) is 32.6 Å². The van der Waals surface area contributed by atoms with Crippen molar-refractivity contribution in [3.63, 3.8) is 0 Å². The fourth-order valence-corrected chi connectivity index (χ4v) is 1.98. The first-order valence-electron chi connectivity index (χ1n) is 3.90. The number of aliphatic hydroxyl groups is 1. The molecule has 0 saturated heterocycles. The Morgan fingerprint density at radius 3 is 2.33 bits per heavy atom. The zero-order valence-corrected chi connectivity index (χ0v) is 5.93. The van der Waals surface area contributed by atoms with Crippen molar-refractivity contribution in [1.82, 2.24) is 0 Å². The Bertz CT molecular complexity index is 117. The van der Waals surface area contributed by atoms with E-state index >= 15 is 0 Å². The molecule has 2 aliphatic carbocycles. The lowest BCUT2D eigenvalue weighted by Gasteiger charge is -2.37. The molecule has 2 fully saturated rings. The van der Waals surface area contributed by atoms with Gasteiger partial charge < -0.3 is 5.11 Å². The van der Waals surface area contributed by atoms with Gasteiger partial charge in [-0.05, 0) is 43.9 Å². The predicted octanol–water partition coefficient (Wildman–Crippen LogP) is 1.56. The molecule has 0 heterocycles. The van der Waals surface area contributed by atoms with Crippen molar-refractivity contribution in [2.45, 2.75) is 38.7 Å². The average molecular weight is 126 g/mol. The molecule has 1 spiro atoms. The third-order valence-corrected chi connectivity index (χ3v) is 3.03. The van der Waals surface area contributed by atoms with E-state index in [9.17, 15) is 0 Å². The third-order valence-electron chi connectivity index (χ3n) is 3.03. The molecule has 2 rings (SSSR count). The zero-order chi connectivity index (χ0) is 6.48. The van der Waals surface area contributed by atoms with Gasteiger partial charge in [-0.25, -0.2) is 0 Å². The van der Waals surface area contributed by atoms with E-state index in [2.05, 4.69) is 0 Å². The molecule has 0 aromatic heterocycles. The fourth-order valence-electron chi connectivity index (χ4n) is 1.98. The van der Waals surface area contributed by atoms with E-state index in [-0.39, 0.29) is 6.10 Å². The van der Waals surface area contributed by atoms with Gasteiger partial charge in [-0.1, -0.05) is 0 Å². The minimum absolute atomic E-state index is 0.0452. The van der Waals surface area contributed by atoms with Crippen molar-refractivity contribution in [2.24, 2.45) is 11.3 Å². The molecule has 1 N–H and O–H groups in total. The van der Waals surface area contributed by atoms with E-state index in [1.165, 1.54) is 25.7 Å². The maximum atomic E-state index is 9.13. The Kier molecular flexibility index (Phi) is 0.963. The Hall–Kier alpha value is -0.0400. The highest BCUT2D eigenvalue weighted by molar-refractivity contribution is 5.04. The Morgan fingerprint density at radius 1 is 1.44 bits per heavy atom. The highest BCUT2D eigenvalue weighted by Crippen LogP contribution is 2.63. The van der Waals surface area contributed by atoms with Crippen molar-refractivity contribution in [3.05, 3.63) is 0 Å². The number of hydrogen-bond acceptors (Lipinski definition) is 1. The molecule has 0 aliphatic heterocycles. The minimum atomic E-state index is -0.0452. The van der Waals surface area contributed by atoms with Crippen LogP contribution in [0.4, 0.5) is 0 Å². The SMILES string of the molecule is CC(O)C1CC2(CC2)C1. The van der Waals surface area contributed by atoms with Gasteiger partial charge in [0.05, 0.1) is 6.10 Å². The van der Waals surface area contributed by atoms with Crippen LogP contribution in [-0.2, 0) is 0 Å². The highest BCUT2D eigenvalue weighted by atomic mass is 16.3. The number of rotatable bonds is 1. The van der Waals surface area contributed by atoms with Gasteiger partial charge in [-0.15, -0.1) is 0 Å². The van der Waals surface area contributed by atoms with E-state index in [0.29, 0.717) is 5.92 Å². The van der Waals surface area contributed by atoms with E-state index in [1.54, 1.807) is 0 Å². The molecule has 0 radical (unpaired) electrons. The van der Waals surface area contributed by atoms with E-state index < -0.39 is 0 Å². The second-order valence-electron chi connectivity index (χ2n) is 3.91. The van der Waals surface area contributed by atoms with Crippen molar-refractivity contribution >= 4 is 0 Å². The minimum Gasteiger partial charge on any atom is -0.393 e. The standard InChI is InChI=1S/C8H14O/c1-6(9)7-4-8(5-7)2-3-8/h6-7,9H,2-5H2,1H3. The Morgan fingerprint density at radius 2 is 2.00 bits per heavy atom. The predicted molar refractivity (Wildman–Crippen MR) is 36.1 cm³/mol. The van der Waals surface area contributed by atoms with Crippen LogP contribution in [0.2, 0.25) is 0 Å². The molecule has 9 heavy (non-hydrogen) atoms. The molecular weight excluding hydrogens is 112 g/mol. The van der Waals surface area contributed by atoms with E-state index in [4.69, 9.17) is 5.11 Å². The van der Waals surface area contributed by atoms with Gasteiger partial charge in [0, 0.05) is 0 Å². The smallest absolute Gasteiger partial charge is 0.0540 e. The van der Waals surface area contributed by atoms with Crippen LogP contribution >= 0.6 is 0 Å². The third kappa shape index (κ3) is 0.787. The van der Waals surface area contributed by atoms with E-state index in [0.717, 1.165) is 5.41 Å². The summed E-state index contributed by atoms with van der Waals surface area (Å²) in [5, 5.41) is 9.13. The summed E-state index contributed by atoms with van der Waals surface area (Å²) < 4.78 is 0. The van der Waals surface area contributed by atoms with Crippen LogP contribution in [0.5, 0.6) is 0 Å². The maximum absolute atomic E-state index is 9.13. The molecule has 0 amide bonds. The lowest BCUT2D eigenvalue weighted by molar-refractivity contribution is 0.0288. The first kappa shape index (κ1) is 5.72. The maximum Gasteiger partial charge on any atom is 0.0540 e. The summed E-state index contributed by atoms with van der Waals surface area (Å²) in [4.78, 5) is 0. The average Bonchev–Trinajstić information content (AvgIpc) is 2.35. The lowest BCUT2D eigenvalue weighted by Crippen LogP contribution is -2.32. The quantitative estimate of drug-likeness (QED) is 0.565. The van der Waals surface area contributed by atoms with Gasteiger partial charge in [-0.2, -0.15) is 0 Å². The summed E-state index contributed by atoms with van der Waals surface area (Å²) >= 11 is 0. The van der Waals surface area contributed by atoms with Gasteiger partial charge in [0.25, 0.3) is 0 Å². The van der Waals surface area contributed by atoms with Crippen molar-refractivity contribution in [3.8, 4) is 0 Å².